The van der Waals surface area contributed by atoms with Crippen LogP contribution in [0.4, 0.5) is 0 Å². The molecule has 1 fully saturated rings. The van der Waals surface area contributed by atoms with E-state index in [-0.39, 0.29) is 0 Å². The number of aliphatic hydroxyl groups is 1. The van der Waals surface area contributed by atoms with E-state index in [2.05, 4.69) is 13.0 Å². The minimum Gasteiger partial charge on any atom is -0.493 e. The molecule has 0 aliphatic carbocycles. The van der Waals surface area contributed by atoms with Crippen molar-refractivity contribution in [1.82, 2.24) is 0 Å². The molecule has 0 radical (unpaired) electrons. The standard InChI is InChI=1S/C22H32N2O5/c1-17-11-21(26-2)22(27-3)12-18(17)13-23-6-8-24(9-7-23)14-19(25)15-28-16-20-5-4-10-29-20/h4-5,10-12,19,25H,6-9,13-16H2,1-3H3/p+2/t19-/m0/s1. The van der Waals surface area contributed by atoms with Crippen LogP contribution >= 0.6 is 0 Å². The third-order valence-electron chi connectivity index (χ3n) is 5.61. The maximum absolute atomic E-state index is 10.3. The zero-order chi connectivity index (χ0) is 20.6. The van der Waals surface area contributed by atoms with Crippen molar-refractivity contribution in [2.24, 2.45) is 0 Å². The lowest BCUT2D eigenvalue weighted by Crippen LogP contribution is -3.28. The fourth-order valence-electron chi connectivity index (χ4n) is 3.90. The summed E-state index contributed by atoms with van der Waals surface area (Å²) in [5.74, 6) is 2.35. The highest BCUT2D eigenvalue weighted by Crippen LogP contribution is 2.29. The Kier molecular flexibility index (Phi) is 7.94. The summed E-state index contributed by atoms with van der Waals surface area (Å²) < 4.78 is 21.6. The smallest absolute Gasteiger partial charge is 0.161 e. The highest BCUT2D eigenvalue weighted by atomic mass is 16.5. The molecule has 0 amide bonds. The summed E-state index contributed by atoms with van der Waals surface area (Å²) in [7, 11) is 3.34. The molecule has 1 saturated heterocycles. The average molecular weight is 407 g/mol. The maximum Gasteiger partial charge on any atom is 0.161 e. The van der Waals surface area contributed by atoms with Crippen molar-refractivity contribution >= 4 is 0 Å². The van der Waals surface area contributed by atoms with Gasteiger partial charge in [0.2, 0.25) is 0 Å². The number of furan rings is 1. The fourth-order valence-corrected chi connectivity index (χ4v) is 3.90. The number of quaternary nitrogens is 2. The number of ether oxygens (including phenoxy) is 3. The van der Waals surface area contributed by atoms with Crippen LogP contribution in [0.25, 0.3) is 0 Å². The van der Waals surface area contributed by atoms with Gasteiger partial charge in [-0.1, -0.05) is 0 Å². The highest BCUT2D eigenvalue weighted by Gasteiger charge is 2.26. The lowest BCUT2D eigenvalue weighted by atomic mass is 10.1. The van der Waals surface area contributed by atoms with Crippen LogP contribution in [0.2, 0.25) is 0 Å². The first-order valence-electron chi connectivity index (χ1n) is 10.3. The van der Waals surface area contributed by atoms with Crippen LogP contribution in [0.1, 0.15) is 16.9 Å². The lowest BCUT2D eigenvalue weighted by Gasteiger charge is -2.31. The van der Waals surface area contributed by atoms with Crippen molar-refractivity contribution in [3.05, 3.63) is 47.4 Å². The number of methoxy groups -OCH3 is 2. The van der Waals surface area contributed by atoms with Crippen molar-refractivity contribution in [1.29, 1.82) is 0 Å². The summed E-state index contributed by atoms with van der Waals surface area (Å²) >= 11 is 0. The summed E-state index contributed by atoms with van der Waals surface area (Å²) in [4.78, 5) is 3.00. The van der Waals surface area contributed by atoms with Crippen molar-refractivity contribution in [2.75, 3.05) is 53.6 Å². The molecule has 3 rings (SSSR count). The first-order valence-corrected chi connectivity index (χ1v) is 10.3. The number of rotatable bonds is 10. The van der Waals surface area contributed by atoms with Gasteiger partial charge in [-0.25, -0.2) is 0 Å². The van der Waals surface area contributed by atoms with Gasteiger partial charge >= 0.3 is 0 Å². The minimum absolute atomic E-state index is 0.339. The molecule has 160 valence electrons. The van der Waals surface area contributed by atoms with E-state index >= 15 is 0 Å². The van der Waals surface area contributed by atoms with Crippen molar-refractivity contribution in [2.45, 2.75) is 26.2 Å². The number of benzene rings is 1. The largest absolute Gasteiger partial charge is 0.493 e. The summed E-state index contributed by atoms with van der Waals surface area (Å²) in [5.41, 5.74) is 2.53. The molecular weight excluding hydrogens is 372 g/mol. The topological polar surface area (TPSA) is 69.9 Å². The number of hydrogen-bond acceptors (Lipinski definition) is 5. The van der Waals surface area contributed by atoms with E-state index in [9.17, 15) is 5.11 Å². The average Bonchev–Trinajstić information content (AvgIpc) is 3.24. The Morgan fingerprint density at radius 3 is 2.41 bits per heavy atom. The zero-order valence-electron chi connectivity index (χ0n) is 17.7. The predicted molar refractivity (Wildman–Crippen MR) is 109 cm³/mol. The molecule has 2 aromatic rings. The number of aliphatic hydroxyl groups excluding tert-OH is 1. The van der Waals surface area contributed by atoms with Gasteiger partial charge in [0, 0.05) is 5.56 Å². The summed E-state index contributed by atoms with van der Waals surface area (Å²) in [6, 6.07) is 7.86. The lowest BCUT2D eigenvalue weighted by molar-refractivity contribution is -1.02. The number of aryl methyl sites for hydroxylation is 1. The van der Waals surface area contributed by atoms with Crippen LogP contribution in [0.5, 0.6) is 11.5 Å². The molecule has 0 unspecified atom stereocenters. The second-order valence-electron chi connectivity index (χ2n) is 7.76. The van der Waals surface area contributed by atoms with E-state index in [4.69, 9.17) is 18.6 Å². The van der Waals surface area contributed by atoms with E-state index in [1.54, 1.807) is 25.4 Å². The van der Waals surface area contributed by atoms with Gasteiger partial charge in [-0.2, -0.15) is 0 Å². The quantitative estimate of drug-likeness (QED) is 0.495. The van der Waals surface area contributed by atoms with Crippen LogP contribution in [-0.4, -0.2) is 64.8 Å². The predicted octanol–water partition coefficient (Wildman–Crippen LogP) is -0.534. The van der Waals surface area contributed by atoms with Gasteiger partial charge in [0.25, 0.3) is 0 Å². The van der Waals surface area contributed by atoms with Crippen molar-refractivity contribution in [3.8, 4) is 11.5 Å². The van der Waals surface area contributed by atoms with Gasteiger partial charge < -0.3 is 33.5 Å². The van der Waals surface area contributed by atoms with Gasteiger partial charge in [0.1, 0.15) is 57.7 Å². The molecule has 7 nitrogen and oxygen atoms in total. The number of hydrogen-bond donors (Lipinski definition) is 3. The van der Waals surface area contributed by atoms with E-state index in [1.165, 1.54) is 16.0 Å². The zero-order valence-corrected chi connectivity index (χ0v) is 17.7. The summed E-state index contributed by atoms with van der Waals surface area (Å²) in [6.07, 6.45) is 1.18. The second-order valence-corrected chi connectivity index (χ2v) is 7.76. The SMILES string of the molecule is COc1cc(C)c(C[NH+]2CC[NH+](C[C@H](O)COCc3ccco3)CC2)cc1OC. The Bertz CT molecular complexity index is 742. The van der Waals surface area contributed by atoms with Gasteiger partial charge in [0.05, 0.1) is 27.1 Å². The third-order valence-corrected chi connectivity index (χ3v) is 5.61. The van der Waals surface area contributed by atoms with Gasteiger partial charge in [-0.3, -0.25) is 0 Å². The second kappa shape index (κ2) is 10.6. The van der Waals surface area contributed by atoms with Gasteiger partial charge in [-0.05, 0) is 36.8 Å². The van der Waals surface area contributed by atoms with Crippen LogP contribution in [0.3, 0.4) is 0 Å². The molecule has 0 spiro atoms. The first-order chi connectivity index (χ1) is 14.1. The molecular formula is C22H34N2O5+2. The van der Waals surface area contributed by atoms with Crippen LogP contribution < -0.4 is 19.3 Å². The Labute approximate surface area is 172 Å². The van der Waals surface area contributed by atoms with E-state index in [1.807, 2.05) is 18.2 Å². The molecule has 2 heterocycles. The third kappa shape index (κ3) is 6.21. The Morgan fingerprint density at radius 2 is 1.76 bits per heavy atom. The molecule has 0 saturated carbocycles. The molecule has 1 aromatic carbocycles. The van der Waals surface area contributed by atoms with E-state index in [0.29, 0.717) is 13.2 Å². The minimum atomic E-state index is -0.449. The van der Waals surface area contributed by atoms with Gasteiger partial charge in [-0.15, -0.1) is 0 Å². The molecule has 1 atom stereocenters. The highest BCUT2D eigenvalue weighted by molar-refractivity contribution is 5.46. The normalized spacial score (nSPS) is 20.4. The Hall–Kier alpha value is -2.06. The van der Waals surface area contributed by atoms with Crippen molar-refractivity contribution < 1.29 is 33.5 Å². The molecule has 1 aliphatic rings. The molecule has 7 heteroatoms. The molecule has 1 aromatic heterocycles. The monoisotopic (exact) mass is 406 g/mol. The molecule has 1 aliphatic heterocycles. The van der Waals surface area contributed by atoms with E-state index in [0.717, 1.165) is 56.5 Å². The maximum atomic E-state index is 10.3. The Balaban J connectivity index is 1.41. The van der Waals surface area contributed by atoms with Crippen molar-refractivity contribution in [3.63, 3.8) is 0 Å². The summed E-state index contributed by atoms with van der Waals surface area (Å²) in [6.45, 7) is 8.85. The number of nitrogens with one attached hydrogen (secondary N) is 2. The number of piperazine rings is 1. The first kappa shape index (κ1) is 21.6. The summed E-state index contributed by atoms with van der Waals surface area (Å²) in [5, 5.41) is 10.3. The van der Waals surface area contributed by atoms with E-state index < -0.39 is 6.10 Å². The molecule has 3 N–H and O–H groups in total. The fraction of sp³-hybridized carbons (Fsp3) is 0.545. The van der Waals surface area contributed by atoms with Crippen LogP contribution in [-0.2, 0) is 17.9 Å². The van der Waals surface area contributed by atoms with Crippen LogP contribution in [0, 0.1) is 6.92 Å². The van der Waals surface area contributed by atoms with Gasteiger partial charge in [0.15, 0.2) is 11.5 Å². The molecule has 29 heavy (non-hydrogen) atoms. The van der Waals surface area contributed by atoms with Crippen LogP contribution in [0.15, 0.2) is 34.9 Å². The molecule has 0 bridgehead atoms. The Morgan fingerprint density at radius 1 is 1.07 bits per heavy atom.